The summed E-state index contributed by atoms with van der Waals surface area (Å²) in [6, 6.07) is 11.8. The summed E-state index contributed by atoms with van der Waals surface area (Å²) >= 11 is 0. The molecule has 5 nitrogen and oxygen atoms in total. The molecule has 2 heterocycles. The molecular formula is C20H27N2O3+. The molecule has 2 N–H and O–H groups in total. The molecule has 0 aliphatic carbocycles. The molecule has 1 saturated heterocycles. The molecule has 1 aromatic carbocycles. The second-order valence-electron chi connectivity index (χ2n) is 6.58. The van der Waals surface area contributed by atoms with Crippen LogP contribution in [0.1, 0.15) is 36.6 Å². The van der Waals surface area contributed by atoms with E-state index in [1.165, 1.54) is 24.2 Å². The standard InChI is InChI=1S/C20H26N2O3/c1-24-18-9-4-3-8-16(18)14-20(23)21-15-17(19-10-7-13-25-19)22-11-5-2-6-12-22/h3-4,7-10,13,17H,2,5-6,11-12,14-15H2,1H3,(H,21,23)/p+1/t17-/m0/s1. The first kappa shape index (κ1) is 17.5. The van der Waals surface area contributed by atoms with Gasteiger partial charge >= 0.3 is 0 Å². The Kier molecular flexibility index (Phi) is 6.12. The van der Waals surface area contributed by atoms with Gasteiger partial charge in [-0.15, -0.1) is 0 Å². The maximum absolute atomic E-state index is 12.4. The molecular weight excluding hydrogens is 316 g/mol. The molecule has 1 amide bonds. The number of amides is 1. The van der Waals surface area contributed by atoms with E-state index in [1.807, 2.05) is 36.4 Å². The predicted molar refractivity (Wildman–Crippen MR) is 95.7 cm³/mol. The van der Waals surface area contributed by atoms with Crippen LogP contribution in [0.3, 0.4) is 0 Å². The highest BCUT2D eigenvalue weighted by Crippen LogP contribution is 2.18. The lowest BCUT2D eigenvalue weighted by Gasteiger charge is -2.30. The van der Waals surface area contributed by atoms with Crippen LogP contribution in [0.15, 0.2) is 47.1 Å². The van der Waals surface area contributed by atoms with Gasteiger partial charge in [0.05, 0.1) is 39.4 Å². The predicted octanol–water partition coefficient (Wildman–Crippen LogP) is 1.76. The number of piperidine rings is 1. The van der Waals surface area contributed by atoms with Gasteiger partial charge in [0, 0.05) is 5.56 Å². The first-order valence-corrected chi connectivity index (χ1v) is 9.04. The maximum atomic E-state index is 12.4. The van der Waals surface area contributed by atoms with Crippen LogP contribution < -0.4 is 15.0 Å². The van der Waals surface area contributed by atoms with E-state index in [2.05, 4.69) is 5.32 Å². The third kappa shape index (κ3) is 4.63. The minimum atomic E-state index is 0.0115. The van der Waals surface area contributed by atoms with Crippen molar-refractivity contribution >= 4 is 5.91 Å². The van der Waals surface area contributed by atoms with Crippen LogP contribution in [0.5, 0.6) is 5.75 Å². The van der Waals surface area contributed by atoms with E-state index in [4.69, 9.17) is 9.15 Å². The summed E-state index contributed by atoms with van der Waals surface area (Å²) in [4.78, 5) is 13.9. The Hall–Kier alpha value is -2.27. The monoisotopic (exact) mass is 343 g/mol. The van der Waals surface area contributed by atoms with Crippen molar-refractivity contribution in [3.63, 3.8) is 0 Å². The zero-order valence-corrected chi connectivity index (χ0v) is 14.8. The topological polar surface area (TPSA) is 55.9 Å². The molecule has 1 atom stereocenters. The average molecular weight is 343 g/mol. The lowest BCUT2D eigenvalue weighted by Crippen LogP contribution is -3.13. The third-order valence-electron chi connectivity index (χ3n) is 4.92. The molecule has 2 aromatic rings. The Balaban J connectivity index is 1.61. The second kappa shape index (κ2) is 8.72. The van der Waals surface area contributed by atoms with Crippen LogP contribution in [0.25, 0.3) is 0 Å². The molecule has 0 bridgehead atoms. The van der Waals surface area contributed by atoms with Gasteiger partial charge in [0.25, 0.3) is 0 Å². The average Bonchev–Trinajstić information content (AvgIpc) is 3.18. The highest BCUT2D eigenvalue weighted by atomic mass is 16.5. The summed E-state index contributed by atoms with van der Waals surface area (Å²) in [6.07, 6.45) is 5.81. The maximum Gasteiger partial charge on any atom is 0.224 e. The molecule has 0 unspecified atom stereocenters. The summed E-state index contributed by atoms with van der Waals surface area (Å²) < 4.78 is 11.0. The van der Waals surface area contributed by atoms with Crippen molar-refractivity contribution in [2.75, 3.05) is 26.7 Å². The van der Waals surface area contributed by atoms with Crippen molar-refractivity contribution in [1.82, 2.24) is 5.32 Å². The molecule has 25 heavy (non-hydrogen) atoms. The molecule has 0 radical (unpaired) electrons. The fourth-order valence-electron chi connectivity index (χ4n) is 3.59. The van der Waals surface area contributed by atoms with Crippen LogP contribution in [-0.2, 0) is 11.2 Å². The van der Waals surface area contributed by atoms with Gasteiger partial charge in [0.15, 0.2) is 11.8 Å². The van der Waals surface area contributed by atoms with Crippen LogP contribution in [0.2, 0.25) is 0 Å². The second-order valence-corrected chi connectivity index (χ2v) is 6.58. The Bertz CT molecular complexity index is 663. The van der Waals surface area contributed by atoms with Crippen molar-refractivity contribution < 1.29 is 18.8 Å². The Morgan fingerprint density at radius 3 is 2.72 bits per heavy atom. The fraction of sp³-hybridized carbons (Fsp3) is 0.450. The number of carbonyl (C=O) groups is 1. The number of quaternary nitrogens is 1. The van der Waals surface area contributed by atoms with Crippen LogP contribution in [0, 0.1) is 0 Å². The molecule has 1 aromatic heterocycles. The lowest BCUT2D eigenvalue weighted by molar-refractivity contribution is -0.936. The van der Waals surface area contributed by atoms with Gasteiger partial charge in [-0.25, -0.2) is 0 Å². The number of ether oxygens (including phenoxy) is 1. The molecule has 5 heteroatoms. The van der Waals surface area contributed by atoms with Crippen molar-refractivity contribution in [2.45, 2.75) is 31.7 Å². The molecule has 1 aliphatic heterocycles. The number of methoxy groups -OCH3 is 1. The fourth-order valence-corrected chi connectivity index (χ4v) is 3.59. The minimum absolute atomic E-state index is 0.0115. The number of furan rings is 1. The van der Waals surface area contributed by atoms with E-state index in [9.17, 15) is 4.79 Å². The number of hydrogen-bond donors (Lipinski definition) is 2. The molecule has 0 spiro atoms. The van der Waals surface area contributed by atoms with Gasteiger partial charge in [-0.3, -0.25) is 4.79 Å². The number of likely N-dealkylation sites (tertiary alicyclic amines) is 1. The van der Waals surface area contributed by atoms with Gasteiger partial charge in [0.1, 0.15) is 5.75 Å². The lowest BCUT2D eigenvalue weighted by atomic mass is 10.1. The Morgan fingerprint density at radius 1 is 1.20 bits per heavy atom. The summed E-state index contributed by atoms with van der Waals surface area (Å²) in [5, 5.41) is 3.09. The third-order valence-corrected chi connectivity index (χ3v) is 4.92. The van der Waals surface area contributed by atoms with Crippen LogP contribution >= 0.6 is 0 Å². The number of rotatable bonds is 7. The number of benzene rings is 1. The molecule has 1 fully saturated rings. The quantitative estimate of drug-likeness (QED) is 0.805. The first-order chi connectivity index (χ1) is 12.3. The van der Waals surface area contributed by atoms with Crippen molar-refractivity contribution in [3.8, 4) is 5.75 Å². The van der Waals surface area contributed by atoms with E-state index >= 15 is 0 Å². The summed E-state index contributed by atoms with van der Waals surface area (Å²) in [5.41, 5.74) is 0.905. The van der Waals surface area contributed by atoms with E-state index in [0.29, 0.717) is 13.0 Å². The summed E-state index contributed by atoms with van der Waals surface area (Å²) in [7, 11) is 1.63. The van der Waals surface area contributed by atoms with E-state index in [1.54, 1.807) is 13.4 Å². The van der Waals surface area contributed by atoms with Crippen LogP contribution in [-0.4, -0.2) is 32.7 Å². The minimum Gasteiger partial charge on any atom is -0.496 e. The highest BCUT2D eigenvalue weighted by molar-refractivity contribution is 5.79. The van der Waals surface area contributed by atoms with E-state index < -0.39 is 0 Å². The highest BCUT2D eigenvalue weighted by Gasteiger charge is 2.28. The van der Waals surface area contributed by atoms with Gasteiger partial charge in [0.2, 0.25) is 5.91 Å². The first-order valence-electron chi connectivity index (χ1n) is 9.04. The number of carbonyl (C=O) groups excluding carboxylic acids is 1. The van der Waals surface area contributed by atoms with E-state index in [-0.39, 0.29) is 11.9 Å². The summed E-state index contributed by atoms with van der Waals surface area (Å²) in [5.74, 6) is 1.72. The van der Waals surface area contributed by atoms with Gasteiger partial charge in [-0.1, -0.05) is 18.2 Å². The number of nitrogens with one attached hydrogen (secondary N) is 2. The molecule has 1 aliphatic rings. The zero-order chi connectivity index (χ0) is 17.5. The van der Waals surface area contributed by atoms with Crippen LogP contribution in [0.4, 0.5) is 0 Å². The summed E-state index contributed by atoms with van der Waals surface area (Å²) in [6.45, 7) is 2.86. The zero-order valence-electron chi connectivity index (χ0n) is 14.8. The molecule has 134 valence electrons. The Morgan fingerprint density at radius 2 is 2.00 bits per heavy atom. The van der Waals surface area contributed by atoms with Gasteiger partial charge < -0.3 is 19.4 Å². The number of para-hydroxylation sites is 1. The molecule has 3 rings (SSSR count). The molecule has 0 saturated carbocycles. The van der Waals surface area contributed by atoms with Crippen molar-refractivity contribution in [1.29, 1.82) is 0 Å². The largest absolute Gasteiger partial charge is 0.496 e. The van der Waals surface area contributed by atoms with Gasteiger partial charge in [-0.05, 0) is 37.5 Å². The SMILES string of the molecule is COc1ccccc1CC(=O)NC[C@@H](c1ccco1)[NH+]1CCCCC1. The van der Waals surface area contributed by atoms with E-state index in [0.717, 1.165) is 30.2 Å². The van der Waals surface area contributed by atoms with Gasteiger partial charge in [-0.2, -0.15) is 0 Å². The Labute approximate surface area is 149 Å². The van der Waals surface area contributed by atoms with Crippen molar-refractivity contribution in [3.05, 3.63) is 54.0 Å². The van der Waals surface area contributed by atoms with Crippen molar-refractivity contribution in [2.24, 2.45) is 0 Å². The smallest absolute Gasteiger partial charge is 0.224 e. The normalized spacial score (nSPS) is 16.4. The number of hydrogen-bond acceptors (Lipinski definition) is 3.